The summed E-state index contributed by atoms with van der Waals surface area (Å²) in [5, 5.41) is 0. The quantitative estimate of drug-likeness (QED) is 0.806. The molecule has 0 aliphatic carbocycles. The van der Waals surface area contributed by atoms with Crippen molar-refractivity contribution in [2.75, 3.05) is 0 Å². The number of para-hydroxylation sites is 1. The van der Waals surface area contributed by atoms with Gasteiger partial charge < -0.3 is 10.5 Å². The van der Waals surface area contributed by atoms with Crippen molar-refractivity contribution < 1.29 is 4.74 Å². The first-order valence-corrected chi connectivity index (χ1v) is 7.65. The Morgan fingerprint density at radius 1 is 1.05 bits per heavy atom. The molecule has 0 saturated heterocycles. The molecule has 0 aliphatic heterocycles. The highest BCUT2D eigenvalue weighted by molar-refractivity contribution is 5.44. The summed E-state index contributed by atoms with van der Waals surface area (Å²) in [6, 6.07) is 14.5. The van der Waals surface area contributed by atoms with Crippen LogP contribution < -0.4 is 10.5 Å². The topological polar surface area (TPSA) is 35.2 Å². The van der Waals surface area contributed by atoms with Crippen LogP contribution in [0.5, 0.6) is 11.5 Å². The molecule has 0 heterocycles. The van der Waals surface area contributed by atoms with Crippen LogP contribution in [0.15, 0.2) is 42.5 Å². The van der Waals surface area contributed by atoms with Crippen LogP contribution in [0.2, 0.25) is 0 Å². The summed E-state index contributed by atoms with van der Waals surface area (Å²) < 4.78 is 6.17. The Kier molecular flexibility index (Phi) is 5.03. The van der Waals surface area contributed by atoms with Gasteiger partial charge in [-0.05, 0) is 42.5 Å². The van der Waals surface area contributed by atoms with Gasteiger partial charge in [0, 0.05) is 11.6 Å². The van der Waals surface area contributed by atoms with Gasteiger partial charge in [0.05, 0.1) is 0 Å². The van der Waals surface area contributed by atoms with E-state index >= 15 is 0 Å². The zero-order chi connectivity index (χ0) is 15.4. The maximum absolute atomic E-state index is 6.18. The van der Waals surface area contributed by atoms with Gasteiger partial charge in [-0.3, -0.25) is 0 Å². The van der Waals surface area contributed by atoms with Crippen LogP contribution in [0.25, 0.3) is 0 Å². The fraction of sp³-hybridized carbons (Fsp3) is 0.368. The van der Waals surface area contributed by atoms with E-state index in [1.165, 1.54) is 5.56 Å². The Morgan fingerprint density at radius 3 is 2.43 bits per heavy atom. The van der Waals surface area contributed by atoms with Crippen LogP contribution in [-0.4, -0.2) is 0 Å². The standard InChI is InChI=1S/C19H25NO/c1-5-17(20)16-8-6-7-9-18(16)21-19-12-15(13(2)3)11-10-14(19)4/h6-13,17H,5,20H2,1-4H3. The van der Waals surface area contributed by atoms with Crippen molar-refractivity contribution >= 4 is 0 Å². The molecule has 0 aliphatic rings. The molecule has 0 amide bonds. The lowest BCUT2D eigenvalue weighted by Gasteiger charge is -2.17. The zero-order valence-electron chi connectivity index (χ0n) is 13.4. The minimum atomic E-state index is 0.00906. The van der Waals surface area contributed by atoms with Gasteiger partial charge in [-0.25, -0.2) is 0 Å². The molecular weight excluding hydrogens is 258 g/mol. The Balaban J connectivity index is 2.36. The number of hydrogen-bond donors (Lipinski definition) is 1. The van der Waals surface area contributed by atoms with E-state index in [-0.39, 0.29) is 6.04 Å². The number of rotatable bonds is 5. The van der Waals surface area contributed by atoms with Crippen molar-refractivity contribution in [1.29, 1.82) is 0 Å². The molecule has 1 unspecified atom stereocenters. The number of ether oxygens (including phenoxy) is 1. The molecule has 0 radical (unpaired) electrons. The summed E-state index contributed by atoms with van der Waals surface area (Å²) in [5.41, 5.74) is 9.67. The number of hydrogen-bond acceptors (Lipinski definition) is 2. The molecule has 0 saturated carbocycles. The Labute approximate surface area is 127 Å². The van der Waals surface area contributed by atoms with Gasteiger partial charge in [0.2, 0.25) is 0 Å². The van der Waals surface area contributed by atoms with E-state index in [2.05, 4.69) is 45.9 Å². The molecule has 2 heteroatoms. The maximum Gasteiger partial charge on any atom is 0.132 e. The fourth-order valence-electron chi connectivity index (χ4n) is 2.30. The first-order valence-electron chi connectivity index (χ1n) is 7.65. The fourth-order valence-corrected chi connectivity index (χ4v) is 2.30. The molecule has 112 valence electrons. The van der Waals surface area contributed by atoms with Crippen molar-refractivity contribution in [2.24, 2.45) is 5.73 Å². The maximum atomic E-state index is 6.18. The second-order valence-electron chi connectivity index (χ2n) is 5.83. The molecule has 0 spiro atoms. The summed E-state index contributed by atoms with van der Waals surface area (Å²) in [6.07, 6.45) is 0.894. The van der Waals surface area contributed by atoms with E-state index in [1.54, 1.807) is 0 Å². The van der Waals surface area contributed by atoms with Crippen molar-refractivity contribution in [3.8, 4) is 11.5 Å². The molecule has 2 aromatic carbocycles. The smallest absolute Gasteiger partial charge is 0.132 e. The van der Waals surface area contributed by atoms with Gasteiger partial charge in [-0.15, -0.1) is 0 Å². The molecule has 0 fully saturated rings. The normalized spacial score (nSPS) is 12.5. The van der Waals surface area contributed by atoms with Gasteiger partial charge in [0.1, 0.15) is 11.5 Å². The molecule has 0 bridgehead atoms. The average molecular weight is 283 g/mol. The second kappa shape index (κ2) is 6.77. The molecule has 21 heavy (non-hydrogen) atoms. The lowest BCUT2D eigenvalue weighted by Crippen LogP contribution is -2.09. The van der Waals surface area contributed by atoms with Crippen LogP contribution in [0.4, 0.5) is 0 Å². The highest BCUT2D eigenvalue weighted by Gasteiger charge is 2.12. The first kappa shape index (κ1) is 15.6. The van der Waals surface area contributed by atoms with E-state index < -0.39 is 0 Å². The molecule has 1 atom stereocenters. The highest BCUT2D eigenvalue weighted by atomic mass is 16.5. The number of benzene rings is 2. The predicted molar refractivity (Wildman–Crippen MR) is 89.0 cm³/mol. The lowest BCUT2D eigenvalue weighted by molar-refractivity contribution is 0.464. The number of nitrogens with two attached hydrogens (primary N) is 1. The SMILES string of the molecule is CCC(N)c1ccccc1Oc1cc(C(C)C)ccc1C. The van der Waals surface area contributed by atoms with Crippen LogP contribution in [0, 0.1) is 6.92 Å². The van der Waals surface area contributed by atoms with E-state index in [4.69, 9.17) is 10.5 Å². The third-order valence-corrected chi connectivity index (χ3v) is 3.86. The Morgan fingerprint density at radius 2 is 1.76 bits per heavy atom. The summed E-state index contributed by atoms with van der Waals surface area (Å²) in [4.78, 5) is 0. The van der Waals surface area contributed by atoms with Gasteiger partial charge in [-0.2, -0.15) is 0 Å². The molecule has 2 N–H and O–H groups in total. The number of aryl methyl sites for hydroxylation is 1. The third kappa shape index (κ3) is 3.64. The van der Waals surface area contributed by atoms with Gasteiger partial charge >= 0.3 is 0 Å². The zero-order valence-corrected chi connectivity index (χ0v) is 13.4. The van der Waals surface area contributed by atoms with Crippen LogP contribution in [0.1, 0.15) is 55.8 Å². The molecular formula is C19H25NO. The summed E-state index contributed by atoms with van der Waals surface area (Å²) in [7, 11) is 0. The van der Waals surface area contributed by atoms with Crippen LogP contribution in [0.3, 0.4) is 0 Å². The molecule has 2 aromatic rings. The van der Waals surface area contributed by atoms with E-state index in [9.17, 15) is 0 Å². The third-order valence-electron chi connectivity index (χ3n) is 3.86. The van der Waals surface area contributed by atoms with E-state index in [0.29, 0.717) is 5.92 Å². The monoisotopic (exact) mass is 283 g/mol. The average Bonchev–Trinajstić information content (AvgIpc) is 2.49. The second-order valence-corrected chi connectivity index (χ2v) is 5.83. The molecule has 2 rings (SSSR count). The predicted octanol–water partition coefficient (Wildman–Crippen LogP) is 5.32. The lowest BCUT2D eigenvalue weighted by atomic mass is 10.0. The van der Waals surface area contributed by atoms with Crippen molar-refractivity contribution in [1.82, 2.24) is 0 Å². The molecule has 2 nitrogen and oxygen atoms in total. The van der Waals surface area contributed by atoms with Crippen LogP contribution >= 0.6 is 0 Å². The molecule has 0 aromatic heterocycles. The first-order chi connectivity index (χ1) is 10.0. The van der Waals surface area contributed by atoms with Gasteiger partial charge in [0.25, 0.3) is 0 Å². The Hall–Kier alpha value is -1.80. The van der Waals surface area contributed by atoms with Gasteiger partial charge in [0.15, 0.2) is 0 Å². The summed E-state index contributed by atoms with van der Waals surface area (Å²) in [6.45, 7) is 8.54. The largest absolute Gasteiger partial charge is 0.457 e. The summed E-state index contributed by atoms with van der Waals surface area (Å²) >= 11 is 0. The van der Waals surface area contributed by atoms with E-state index in [1.807, 2.05) is 24.3 Å². The summed E-state index contributed by atoms with van der Waals surface area (Å²) in [5.74, 6) is 2.26. The van der Waals surface area contributed by atoms with Crippen LogP contribution in [-0.2, 0) is 0 Å². The van der Waals surface area contributed by atoms with Crippen molar-refractivity contribution in [3.05, 3.63) is 59.2 Å². The van der Waals surface area contributed by atoms with E-state index in [0.717, 1.165) is 29.0 Å². The minimum Gasteiger partial charge on any atom is -0.457 e. The van der Waals surface area contributed by atoms with Crippen molar-refractivity contribution in [2.45, 2.75) is 46.1 Å². The van der Waals surface area contributed by atoms with Gasteiger partial charge in [-0.1, -0.05) is 51.1 Å². The minimum absolute atomic E-state index is 0.00906. The highest BCUT2D eigenvalue weighted by Crippen LogP contribution is 2.33. The van der Waals surface area contributed by atoms with Crippen molar-refractivity contribution in [3.63, 3.8) is 0 Å². The Bertz CT molecular complexity index is 604.